The topological polar surface area (TPSA) is 64.2 Å². The van der Waals surface area contributed by atoms with Crippen LogP contribution in [0.3, 0.4) is 0 Å². The predicted molar refractivity (Wildman–Crippen MR) is 113 cm³/mol. The van der Waals surface area contributed by atoms with E-state index in [4.69, 9.17) is 10.8 Å². The molecule has 152 valence electrons. The van der Waals surface area contributed by atoms with E-state index in [1.54, 1.807) is 0 Å². The minimum Gasteiger partial charge on any atom is -0.338 e. The van der Waals surface area contributed by atoms with E-state index >= 15 is 0 Å². The van der Waals surface area contributed by atoms with Gasteiger partial charge in [-0.3, -0.25) is 9.48 Å². The van der Waals surface area contributed by atoms with Gasteiger partial charge in [0.25, 0.3) is 0 Å². The number of nitrogens with two attached hydrogens (primary N) is 1. The summed E-state index contributed by atoms with van der Waals surface area (Å²) in [5, 5.41) is 4.73. The highest BCUT2D eigenvalue weighted by atomic mass is 16.2. The molecule has 5 heteroatoms. The van der Waals surface area contributed by atoms with Crippen LogP contribution in [0.15, 0.2) is 24.3 Å². The quantitative estimate of drug-likeness (QED) is 0.831. The summed E-state index contributed by atoms with van der Waals surface area (Å²) in [6, 6.07) is 8.79. The van der Waals surface area contributed by atoms with Gasteiger partial charge in [-0.2, -0.15) is 5.10 Å². The molecule has 2 heterocycles. The summed E-state index contributed by atoms with van der Waals surface area (Å²) in [6.07, 6.45) is 4.55. The van der Waals surface area contributed by atoms with E-state index in [0.717, 1.165) is 43.7 Å². The molecule has 0 radical (unpaired) electrons. The van der Waals surface area contributed by atoms with Crippen molar-refractivity contribution in [3.63, 3.8) is 0 Å². The normalized spacial score (nSPS) is 18.3. The molecule has 1 aromatic carbocycles. The third-order valence-electron chi connectivity index (χ3n) is 6.05. The van der Waals surface area contributed by atoms with Crippen LogP contribution in [0.5, 0.6) is 0 Å². The highest BCUT2D eigenvalue weighted by molar-refractivity contribution is 5.77. The van der Waals surface area contributed by atoms with Crippen molar-refractivity contribution in [2.75, 3.05) is 6.54 Å². The molecule has 1 aliphatic rings. The van der Waals surface area contributed by atoms with Crippen molar-refractivity contribution in [2.45, 2.75) is 78.4 Å². The molecule has 0 saturated carbocycles. The van der Waals surface area contributed by atoms with Crippen molar-refractivity contribution < 1.29 is 4.79 Å². The molecule has 1 aromatic heterocycles. The standard InChI is InChI=1S/C23H34N4O/c1-16-8-10-20(11-9-16)15-27-19(4)21(18(3)25-27)12-13-23(28)26-14-6-5-7-22(26)17(2)24/h8-11,17,22H,5-7,12-15,24H2,1-4H3. The number of carbonyl (C=O) groups is 1. The molecule has 1 fully saturated rings. The monoisotopic (exact) mass is 382 g/mol. The summed E-state index contributed by atoms with van der Waals surface area (Å²) in [4.78, 5) is 14.9. The smallest absolute Gasteiger partial charge is 0.223 e. The first-order chi connectivity index (χ1) is 13.4. The minimum atomic E-state index is 0.0324. The third kappa shape index (κ3) is 4.64. The number of carbonyl (C=O) groups excluding carboxylic acids is 1. The second kappa shape index (κ2) is 8.91. The summed E-state index contributed by atoms with van der Waals surface area (Å²) in [6.45, 7) is 9.87. The predicted octanol–water partition coefficient (Wildman–Crippen LogP) is 3.52. The second-order valence-corrected chi connectivity index (χ2v) is 8.30. The van der Waals surface area contributed by atoms with Crippen molar-refractivity contribution >= 4 is 5.91 Å². The van der Waals surface area contributed by atoms with Crippen molar-refractivity contribution in [1.82, 2.24) is 14.7 Å². The van der Waals surface area contributed by atoms with Gasteiger partial charge in [0.1, 0.15) is 0 Å². The van der Waals surface area contributed by atoms with Crippen LogP contribution < -0.4 is 5.73 Å². The van der Waals surface area contributed by atoms with E-state index in [1.165, 1.54) is 23.1 Å². The largest absolute Gasteiger partial charge is 0.338 e. The number of amides is 1. The number of hydrogen-bond acceptors (Lipinski definition) is 3. The average molecular weight is 383 g/mol. The first-order valence-electron chi connectivity index (χ1n) is 10.5. The summed E-state index contributed by atoms with van der Waals surface area (Å²) in [5.74, 6) is 0.229. The summed E-state index contributed by atoms with van der Waals surface area (Å²) in [7, 11) is 0. The molecule has 0 aliphatic carbocycles. The van der Waals surface area contributed by atoms with Gasteiger partial charge in [-0.25, -0.2) is 0 Å². The van der Waals surface area contributed by atoms with E-state index < -0.39 is 0 Å². The number of rotatable bonds is 6. The van der Waals surface area contributed by atoms with Crippen LogP contribution in [-0.4, -0.2) is 39.2 Å². The molecule has 5 nitrogen and oxygen atoms in total. The van der Waals surface area contributed by atoms with Gasteiger partial charge in [-0.1, -0.05) is 29.8 Å². The SMILES string of the molecule is Cc1ccc(Cn2nc(C)c(CCC(=O)N3CCCCC3C(C)N)c2C)cc1. The van der Waals surface area contributed by atoms with Crippen LogP contribution in [0.25, 0.3) is 0 Å². The second-order valence-electron chi connectivity index (χ2n) is 8.30. The molecule has 2 atom stereocenters. The first-order valence-corrected chi connectivity index (χ1v) is 10.5. The van der Waals surface area contributed by atoms with Gasteiger partial charge >= 0.3 is 0 Å². The van der Waals surface area contributed by atoms with E-state index in [1.807, 2.05) is 18.7 Å². The maximum atomic E-state index is 12.9. The van der Waals surface area contributed by atoms with Crippen molar-refractivity contribution in [3.05, 3.63) is 52.3 Å². The maximum absolute atomic E-state index is 12.9. The van der Waals surface area contributed by atoms with E-state index in [-0.39, 0.29) is 18.0 Å². The molecule has 3 rings (SSSR count). The Morgan fingerprint density at radius 3 is 2.61 bits per heavy atom. The van der Waals surface area contributed by atoms with Gasteiger partial charge in [0.2, 0.25) is 5.91 Å². The number of nitrogens with zero attached hydrogens (tertiary/aromatic N) is 3. The Hall–Kier alpha value is -2.14. The van der Waals surface area contributed by atoms with Gasteiger partial charge < -0.3 is 10.6 Å². The number of hydrogen-bond donors (Lipinski definition) is 1. The zero-order valence-electron chi connectivity index (χ0n) is 17.7. The molecule has 0 spiro atoms. The lowest BCUT2D eigenvalue weighted by atomic mass is 9.96. The van der Waals surface area contributed by atoms with Crippen LogP contribution in [0.4, 0.5) is 0 Å². The van der Waals surface area contributed by atoms with Gasteiger partial charge in [0, 0.05) is 30.7 Å². The van der Waals surface area contributed by atoms with Gasteiger partial charge in [0.15, 0.2) is 0 Å². The molecule has 1 amide bonds. The lowest BCUT2D eigenvalue weighted by molar-refractivity contribution is -0.135. The lowest BCUT2D eigenvalue weighted by Gasteiger charge is -2.38. The number of piperidine rings is 1. The number of benzene rings is 1. The number of aromatic nitrogens is 2. The summed E-state index contributed by atoms with van der Waals surface area (Å²) >= 11 is 0. The molecule has 2 unspecified atom stereocenters. The molecular formula is C23H34N4O. The molecule has 1 aliphatic heterocycles. The maximum Gasteiger partial charge on any atom is 0.223 e. The van der Waals surface area contributed by atoms with Crippen LogP contribution in [0, 0.1) is 20.8 Å². The number of likely N-dealkylation sites (tertiary alicyclic amines) is 1. The van der Waals surface area contributed by atoms with Crippen molar-refractivity contribution in [2.24, 2.45) is 5.73 Å². The van der Waals surface area contributed by atoms with E-state index in [0.29, 0.717) is 6.42 Å². The number of aryl methyl sites for hydroxylation is 2. The zero-order chi connectivity index (χ0) is 20.3. The Labute approximate surface area is 168 Å². The molecule has 28 heavy (non-hydrogen) atoms. The Balaban J connectivity index is 1.66. The average Bonchev–Trinajstić information content (AvgIpc) is 2.94. The Morgan fingerprint density at radius 2 is 1.93 bits per heavy atom. The minimum absolute atomic E-state index is 0.0324. The molecule has 2 N–H and O–H groups in total. The fraction of sp³-hybridized carbons (Fsp3) is 0.565. The van der Waals surface area contributed by atoms with Gasteiger partial charge in [-0.15, -0.1) is 0 Å². The molecular weight excluding hydrogens is 348 g/mol. The highest BCUT2D eigenvalue weighted by Gasteiger charge is 2.29. The third-order valence-corrected chi connectivity index (χ3v) is 6.05. The van der Waals surface area contributed by atoms with E-state index in [2.05, 4.69) is 42.8 Å². The van der Waals surface area contributed by atoms with Crippen LogP contribution in [-0.2, 0) is 17.8 Å². The summed E-state index contributed by atoms with van der Waals surface area (Å²) < 4.78 is 2.06. The Kier molecular flexibility index (Phi) is 6.55. The van der Waals surface area contributed by atoms with Crippen LogP contribution in [0.2, 0.25) is 0 Å². The van der Waals surface area contributed by atoms with Crippen LogP contribution >= 0.6 is 0 Å². The molecule has 1 saturated heterocycles. The van der Waals surface area contributed by atoms with Gasteiger partial charge in [-0.05, 0) is 64.5 Å². The van der Waals surface area contributed by atoms with Crippen LogP contribution in [0.1, 0.15) is 60.7 Å². The lowest BCUT2D eigenvalue weighted by Crippen LogP contribution is -2.51. The highest BCUT2D eigenvalue weighted by Crippen LogP contribution is 2.22. The van der Waals surface area contributed by atoms with Crippen molar-refractivity contribution in [1.29, 1.82) is 0 Å². The van der Waals surface area contributed by atoms with Gasteiger partial charge in [0.05, 0.1) is 12.2 Å². The summed E-state index contributed by atoms with van der Waals surface area (Å²) in [5.41, 5.74) is 12.0. The van der Waals surface area contributed by atoms with Crippen molar-refractivity contribution in [3.8, 4) is 0 Å². The molecule has 2 aromatic rings. The zero-order valence-corrected chi connectivity index (χ0v) is 17.7. The fourth-order valence-corrected chi connectivity index (χ4v) is 4.31. The molecule has 0 bridgehead atoms. The fourth-order valence-electron chi connectivity index (χ4n) is 4.31. The first kappa shape index (κ1) is 20.6. The Bertz CT molecular complexity index is 807. The Morgan fingerprint density at radius 1 is 1.21 bits per heavy atom. The van der Waals surface area contributed by atoms with E-state index in [9.17, 15) is 4.79 Å².